The highest BCUT2D eigenvalue weighted by Gasteiger charge is 2.31. The second kappa shape index (κ2) is 7.95. The summed E-state index contributed by atoms with van der Waals surface area (Å²) in [4.78, 5) is 26.6. The van der Waals surface area contributed by atoms with E-state index in [1.807, 2.05) is 32.0 Å². The summed E-state index contributed by atoms with van der Waals surface area (Å²) in [7, 11) is 0. The molecular weight excluding hydrogens is 320 g/mol. The minimum atomic E-state index is -0.362. The van der Waals surface area contributed by atoms with Gasteiger partial charge in [-0.2, -0.15) is 0 Å². The molecule has 7 nitrogen and oxygen atoms in total. The molecule has 0 saturated carbocycles. The van der Waals surface area contributed by atoms with Crippen molar-refractivity contribution in [1.82, 2.24) is 15.5 Å². The summed E-state index contributed by atoms with van der Waals surface area (Å²) in [5.74, 6) is -0.145. The summed E-state index contributed by atoms with van der Waals surface area (Å²) in [6, 6.07) is 5.83. The number of rotatable bonds is 4. The maximum atomic E-state index is 12.4. The van der Waals surface area contributed by atoms with E-state index < -0.39 is 0 Å². The molecule has 3 N–H and O–H groups in total. The molecule has 2 fully saturated rings. The zero-order valence-corrected chi connectivity index (χ0v) is 14.8. The van der Waals surface area contributed by atoms with Gasteiger partial charge in [0.15, 0.2) is 0 Å². The Labute approximate surface area is 148 Å². The van der Waals surface area contributed by atoms with E-state index in [1.165, 1.54) is 0 Å². The molecule has 0 spiro atoms. The van der Waals surface area contributed by atoms with Gasteiger partial charge in [-0.05, 0) is 31.0 Å². The van der Waals surface area contributed by atoms with Gasteiger partial charge in [0, 0.05) is 18.8 Å². The Morgan fingerprint density at radius 3 is 2.84 bits per heavy atom. The largest absolute Gasteiger partial charge is 0.379 e. The Balaban J connectivity index is 1.58. The minimum absolute atomic E-state index is 0.0280. The van der Waals surface area contributed by atoms with Crippen molar-refractivity contribution < 1.29 is 14.3 Å². The fraction of sp³-hybridized carbons (Fsp3) is 0.556. The lowest BCUT2D eigenvalue weighted by atomic mass is 10.1. The van der Waals surface area contributed by atoms with Crippen LogP contribution in [0.25, 0.3) is 0 Å². The summed E-state index contributed by atoms with van der Waals surface area (Å²) < 4.78 is 5.36. The van der Waals surface area contributed by atoms with Gasteiger partial charge in [0.2, 0.25) is 11.8 Å². The molecule has 2 aliphatic heterocycles. The number of carbonyl (C=O) groups excluding carboxylic acids is 2. The van der Waals surface area contributed by atoms with Crippen molar-refractivity contribution in [1.29, 1.82) is 0 Å². The number of amides is 2. The lowest BCUT2D eigenvalue weighted by Crippen LogP contribution is -2.63. The molecule has 2 unspecified atom stereocenters. The van der Waals surface area contributed by atoms with E-state index in [0.717, 1.165) is 29.9 Å². The maximum Gasteiger partial charge on any atom is 0.227 e. The Hall–Kier alpha value is -1.96. The van der Waals surface area contributed by atoms with Crippen LogP contribution in [0.3, 0.4) is 0 Å². The smallest absolute Gasteiger partial charge is 0.227 e. The summed E-state index contributed by atoms with van der Waals surface area (Å²) in [6.07, 6.45) is 0.185. The Kier molecular flexibility index (Phi) is 5.67. The summed E-state index contributed by atoms with van der Waals surface area (Å²) in [6.45, 7) is 6.95. The zero-order valence-electron chi connectivity index (χ0n) is 14.8. The predicted molar refractivity (Wildman–Crippen MR) is 95.0 cm³/mol. The number of anilines is 1. The van der Waals surface area contributed by atoms with E-state index in [-0.39, 0.29) is 30.6 Å². The topological polar surface area (TPSA) is 82.7 Å². The van der Waals surface area contributed by atoms with Crippen LogP contribution < -0.4 is 16.0 Å². The number of aryl methyl sites for hydroxylation is 1. The lowest BCUT2D eigenvalue weighted by molar-refractivity contribution is -0.128. The minimum Gasteiger partial charge on any atom is -0.379 e. The quantitative estimate of drug-likeness (QED) is 0.749. The number of benzene rings is 1. The molecular formula is C18H26N4O3. The van der Waals surface area contributed by atoms with Crippen LogP contribution in [0.15, 0.2) is 18.2 Å². The number of hydrogen-bond donors (Lipinski definition) is 3. The van der Waals surface area contributed by atoms with Crippen LogP contribution in [0.5, 0.6) is 0 Å². The van der Waals surface area contributed by atoms with Gasteiger partial charge in [-0.25, -0.2) is 0 Å². The third-order valence-electron chi connectivity index (χ3n) is 4.86. The van der Waals surface area contributed by atoms with Crippen molar-refractivity contribution >= 4 is 17.5 Å². The zero-order chi connectivity index (χ0) is 17.8. The Morgan fingerprint density at radius 1 is 1.32 bits per heavy atom. The van der Waals surface area contributed by atoms with Crippen LogP contribution in [0.4, 0.5) is 5.69 Å². The molecule has 2 amide bonds. The second-order valence-corrected chi connectivity index (χ2v) is 6.65. The number of ether oxygens (including phenoxy) is 1. The fourth-order valence-electron chi connectivity index (χ4n) is 3.27. The molecule has 2 atom stereocenters. The third kappa shape index (κ3) is 4.56. The van der Waals surface area contributed by atoms with Crippen molar-refractivity contribution in [2.75, 3.05) is 31.6 Å². The van der Waals surface area contributed by atoms with Gasteiger partial charge >= 0.3 is 0 Å². The van der Waals surface area contributed by atoms with E-state index in [1.54, 1.807) is 0 Å². The number of morpholine rings is 1. The first-order valence-electron chi connectivity index (χ1n) is 8.76. The lowest BCUT2D eigenvalue weighted by Gasteiger charge is -2.40. The predicted octanol–water partition coefficient (Wildman–Crippen LogP) is 0.726. The highest BCUT2D eigenvalue weighted by Crippen LogP contribution is 2.18. The summed E-state index contributed by atoms with van der Waals surface area (Å²) in [5, 5.41) is 9.18. The average molecular weight is 346 g/mol. The van der Waals surface area contributed by atoms with Gasteiger partial charge in [-0.3, -0.25) is 19.8 Å². The molecule has 25 heavy (non-hydrogen) atoms. The van der Waals surface area contributed by atoms with E-state index in [4.69, 9.17) is 4.74 Å². The number of nitrogens with zero attached hydrogens (tertiary/aromatic N) is 1. The highest BCUT2D eigenvalue weighted by molar-refractivity contribution is 5.92. The van der Waals surface area contributed by atoms with Gasteiger partial charge in [0.1, 0.15) is 0 Å². The Morgan fingerprint density at radius 2 is 2.08 bits per heavy atom. The molecule has 2 heterocycles. The molecule has 7 heteroatoms. The maximum absolute atomic E-state index is 12.4. The van der Waals surface area contributed by atoms with Gasteiger partial charge < -0.3 is 15.4 Å². The summed E-state index contributed by atoms with van der Waals surface area (Å²) >= 11 is 0. The monoisotopic (exact) mass is 346 g/mol. The van der Waals surface area contributed by atoms with Crippen molar-refractivity contribution in [3.8, 4) is 0 Å². The first-order chi connectivity index (χ1) is 12.0. The SMILES string of the molecule is Cc1cccc(NC(=O)CC2NC(=O)CC(N3CCOCC3)N2)c1C. The highest BCUT2D eigenvalue weighted by atomic mass is 16.5. The van der Waals surface area contributed by atoms with Gasteiger partial charge in [-0.1, -0.05) is 12.1 Å². The first-order valence-corrected chi connectivity index (χ1v) is 8.76. The van der Waals surface area contributed by atoms with Crippen LogP contribution in [0.2, 0.25) is 0 Å². The van der Waals surface area contributed by atoms with E-state index >= 15 is 0 Å². The number of nitrogens with one attached hydrogen (secondary N) is 3. The number of hydrogen-bond acceptors (Lipinski definition) is 5. The van der Waals surface area contributed by atoms with E-state index in [9.17, 15) is 9.59 Å². The molecule has 1 aromatic carbocycles. The molecule has 0 aliphatic carbocycles. The third-order valence-corrected chi connectivity index (χ3v) is 4.86. The molecule has 2 aliphatic rings. The van der Waals surface area contributed by atoms with Crippen LogP contribution >= 0.6 is 0 Å². The van der Waals surface area contributed by atoms with Crippen molar-refractivity contribution in [2.24, 2.45) is 0 Å². The molecule has 1 aromatic rings. The second-order valence-electron chi connectivity index (χ2n) is 6.65. The number of carbonyl (C=O) groups is 2. The molecule has 0 aromatic heterocycles. The standard InChI is InChI=1S/C18H26N4O3/c1-12-4-3-5-14(13(12)2)19-17(23)10-15-20-16(11-18(24)21-15)22-6-8-25-9-7-22/h3-5,15-16,20H,6-11H2,1-2H3,(H,19,23)(H,21,24). The van der Waals surface area contributed by atoms with Gasteiger partial charge in [-0.15, -0.1) is 0 Å². The van der Waals surface area contributed by atoms with Crippen molar-refractivity contribution in [3.63, 3.8) is 0 Å². The normalized spacial score (nSPS) is 24.6. The van der Waals surface area contributed by atoms with Crippen LogP contribution in [-0.2, 0) is 14.3 Å². The van der Waals surface area contributed by atoms with Gasteiger partial charge in [0.05, 0.1) is 38.4 Å². The van der Waals surface area contributed by atoms with Gasteiger partial charge in [0.25, 0.3) is 0 Å². The van der Waals surface area contributed by atoms with Crippen molar-refractivity contribution in [2.45, 2.75) is 39.0 Å². The summed E-state index contributed by atoms with van der Waals surface area (Å²) in [5.41, 5.74) is 3.01. The fourth-order valence-corrected chi connectivity index (χ4v) is 3.27. The van der Waals surface area contributed by atoms with Crippen LogP contribution in [-0.4, -0.2) is 55.3 Å². The van der Waals surface area contributed by atoms with E-state index in [0.29, 0.717) is 19.6 Å². The van der Waals surface area contributed by atoms with E-state index in [2.05, 4.69) is 20.9 Å². The Bertz CT molecular complexity index is 643. The molecule has 136 valence electrons. The first kappa shape index (κ1) is 17.8. The molecule has 0 bridgehead atoms. The van der Waals surface area contributed by atoms with Crippen LogP contribution in [0, 0.1) is 13.8 Å². The molecule has 2 saturated heterocycles. The van der Waals surface area contributed by atoms with Crippen molar-refractivity contribution in [3.05, 3.63) is 29.3 Å². The van der Waals surface area contributed by atoms with Crippen LogP contribution in [0.1, 0.15) is 24.0 Å². The average Bonchev–Trinajstić information content (AvgIpc) is 2.59. The molecule has 0 radical (unpaired) electrons. The molecule has 3 rings (SSSR count).